The molecule has 4 fully saturated rings. The molecule has 5 amide bonds. The molecule has 4 heterocycles. The number of likely N-dealkylation sites (tertiary alicyclic amines) is 4. The number of carbonyl (C=O) groups is 4. The van der Waals surface area contributed by atoms with Gasteiger partial charge in [-0.15, -0.1) is 0 Å². The van der Waals surface area contributed by atoms with E-state index in [-0.39, 0.29) is 52.9 Å². The van der Waals surface area contributed by atoms with Crippen LogP contribution in [-0.4, -0.2) is 161 Å². The van der Waals surface area contributed by atoms with Crippen LogP contribution < -0.4 is 20.1 Å². The van der Waals surface area contributed by atoms with Gasteiger partial charge in [-0.2, -0.15) is 0 Å². The highest BCUT2D eigenvalue weighted by molar-refractivity contribution is 5.92. The first-order chi connectivity index (χ1) is 38.9. The van der Waals surface area contributed by atoms with Gasteiger partial charge in [-0.3, -0.25) is 9.59 Å². The van der Waals surface area contributed by atoms with Gasteiger partial charge >= 0.3 is 12.1 Å². The summed E-state index contributed by atoms with van der Waals surface area (Å²) >= 11 is 0. The lowest BCUT2D eigenvalue weighted by Crippen LogP contribution is -2.54. The Morgan fingerprint density at radius 1 is 0.531 bits per heavy atom. The molecule has 4 aliphatic rings. The van der Waals surface area contributed by atoms with Crippen LogP contribution in [0.15, 0.2) is 84.9 Å². The van der Waals surface area contributed by atoms with Crippen LogP contribution in [0.25, 0.3) is 12.2 Å². The highest BCUT2D eigenvalue weighted by atomic mass is 19.2. The normalized spacial score (nSPS) is 18.0. The fourth-order valence-corrected chi connectivity index (χ4v) is 11.3. The minimum Gasteiger partial charge on any atom is -0.497 e. The number of carbonyl (C=O) groups excluding carboxylic acids is 4. The maximum Gasteiger partial charge on any atom is 0.407 e. The molecule has 4 saturated heterocycles. The van der Waals surface area contributed by atoms with Gasteiger partial charge in [0.2, 0.25) is 11.8 Å². The average Bonchev–Trinajstić information content (AvgIpc) is 3.49. The van der Waals surface area contributed by atoms with Crippen LogP contribution >= 0.6 is 0 Å². The number of amides is 5. The molecule has 20 heteroatoms. The standard InChI is InChI=1S/C31H39F3N4O3.C30H36F3N3O4/c1-36(2)31(40)35-28(20-37-14-10-23(11-15-37)22-5-7-25(41-3)8-6-22)24-12-16-38(17-13-24)29(39)9-4-21-18-26(32)30(34)27(33)19-21;1-39-24-6-4-21(5-7-24)22-9-13-35(14-10-22)19-27(34-30(38)40-2)23-11-15-36(16-12-23)28(37)8-3-20-17-25(31)29(33)26(32)18-20/h4-9,18-19,23-24,28H,10-17,20H2,1-3H3,(H,35,40);3-8,17-18,22-23,27H,9-16,19H2,1-2H3,(H,34,38)/b9-4+;8-3+. The maximum absolute atomic E-state index is 13.5. The van der Waals surface area contributed by atoms with E-state index in [1.807, 2.05) is 24.3 Å². The molecule has 0 bridgehead atoms. The van der Waals surface area contributed by atoms with Crippen LogP contribution in [0.5, 0.6) is 11.5 Å². The molecule has 81 heavy (non-hydrogen) atoms. The van der Waals surface area contributed by atoms with Gasteiger partial charge in [0.1, 0.15) is 11.5 Å². The molecule has 14 nitrogen and oxygen atoms in total. The summed E-state index contributed by atoms with van der Waals surface area (Å²) in [4.78, 5) is 59.9. The van der Waals surface area contributed by atoms with Crippen molar-refractivity contribution in [2.75, 3.05) is 101 Å². The van der Waals surface area contributed by atoms with Crippen LogP contribution in [-0.2, 0) is 14.3 Å². The van der Waals surface area contributed by atoms with E-state index in [2.05, 4.69) is 44.7 Å². The summed E-state index contributed by atoms with van der Waals surface area (Å²) in [5.41, 5.74) is 2.78. The number of ether oxygens (including phenoxy) is 3. The number of piperidine rings is 4. The molecule has 4 aliphatic heterocycles. The van der Waals surface area contributed by atoms with Crippen LogP contribution in [0.2, 0.25) is 0 Å². The minimum absolute atomic E-state index is 0.0552. The van der Waals surface area contributed by atoms with E-state index >= 15 is 0 Å². The lowest BCUT2D eigenvalue weighted by Gasteiger charge is -2.40. The predicted octanol–water partition coefficient (Wildman–Crippen LogP) is 9.85. The number of nitrogens with zero attached hydrogens (tertiary/aromatic N) is 5. The van der Waals surface area contributed by atoms with Crippen molar-refractivity contribution in [1.82, 2.24) is 35.1 Å². The topological polar surface area (TPSA) is 136 Å². The van der Waals surface area contributed by atoms with E-state index in [0.29, 0.717) is 57.4 Å². The molecule has 0 radical (unpaired) electrons. The molecule has 0 saturated carbocycles. The molecule has 8 rings (SSSR count). The molecule has 4 aromatic rings. The fourth-order valence-electron chi connectivity index (χ4n) is 11.3. The maximum atomic E-state index is 13.5. The summed E-state index contributed by atoms with van der Waals surface area (Å²) in [6.07, 6.45) is 11.5. The number of hydrogen-bond donors (Lipinski definition) is 2. The molecule has 0 aromatic heterocycles. The minimum atomic E-state index is -1.54. The third-order valence-electron chi connectivity index (χ3n) is 16.2. The Labute approximate surface area is 471 Å². The van der Waals surface area contributed by atoms with E-state index in [1.165, 1.54) is 47.4 Å². The molecular weight excluding hydrogens is 1060 g/mol. The third-order valence-corrected chi connectivity index (χ3v) is 16.2. The lowest BCUT2D eigenvalue weighted by atomic mass is 9.86. The molecule has 0 aliphatic carbocycles. The van der Waals surface area contributed by atoms with Gasteiger partial charge in [-0.1, -0.05) is 24.3 Å². The number of benzene rings is 4. The summed E-state index contributed by atoms with van der Waals surface area (Å²) in [5.74, 6) is -5.80. The Hall–Kier alpha value is -7.06. The second-order valence-electron chi connectivity index (χ2n) is 21.5. The van der Waals surface area contributed by atoms with E-state index in [9.17, 15) is 45.5 Å². The molecule has 4 aromatic carbocycles. The van der Waals surface area contributed by atoms with Crippen molar-refractivity contribution in [2.45, 2.75) is 75.3 Å². The van der Waals surface area contributed by atoms with Crippen molar-refractivity contribution in [3.8, 4) is 11.5 Å². The number of nitrogens with one attached hydrogen (secondary N) is 2. The van der Waals surface area contributed by atoms with E-state index in [1.54, 1.807) is 38.1 Å². The Kier molecular flexibility index (Phi) is 22.5. The smallest absolute Gasteiger partial charge is 0.407 e. The van der Waals surface area contributed by atoms with Gasteiger partial charge in [0.05, 0.1) is 21.3 Å². The highest BCUT2D eigenvalue weighted by Crippen LogP contribution is 2.33. The first-order valence-electron chi connectivity index (χ1n) is 27.7. The monoisotopic (exact) mass is 1130 g/mol. The first-order valence-corrected chi connectivity index (χ1v) is 27.7. The summed E-state index contributed by atoms with van der Waals surface area (Å²) in [6.45, 7) is 7.15. The van der Waals surface area contributed by atoms with Crippen molar-refractivity contribution < 1.29 is 59.7 Å². The number of rotatable bonds is 16. The van der Waals surface area contributed by atoms with Crippen LogP contribution in [0.3, 0.4) is 0 Å². The molecule has 0 spiro atoms. The summed E-state index contributed by atoms with van der Waals surface area (Å²) in [7, 11) is 8.12. The average molecular weight is 1130 g/mol. The van der Waals surface area contributed by atoms with Gasteiger partial charge in [0, 0.05) is 77.6 Å². The number of halogens is 6. The van der Waals surface area contributed by atoms with E-state index in [0.717, 1.165) is 107 Å². The summed E-state index contributed by atoms with van der Waals surface area (Å²) < 4.78 is 95.7. The number of alkyl carbamates (subject to hydrolysis) is 1. The Morgan fingerprint density at radius 3 is 1.20 bits per heavy atom. The lowest BCUT2D eigenvalue weighted by molar-refractivity contribution is -0.128. The van der Waals surface area contributed by atoms with Crippen molar-refractivity contribution in [1.29, 1.82) is 0 Å². The predicted molar refractivity (Wildman–Crippen MR) is 297 cm³/mol. The zero-order valence-corrected chi connectivity index (χ0v) is 46.8. The van der Waals surface area contributed by atoms with Crippen LogP contribution in [0.1, 0.15) is 85.5 Å². The van der Waals surface area contributed by atoms with Gasteiger partial charge in [-0.05, 0) is 184 Å². The number of hydrogen-bond acceptors (Lipinski definition) is 9. The third kappa shape index (κ3) is 17.5. The largest absolute Gasteiger partial charge is 0.497 e. The number of methoxy groups -OCH3 is 3. The van der Waals surface area contributed by atoms with Crippen molar-refractivity contribution in [3.05, 3.63) is 142 Å². The van der Waals surface area contributed by atoms with Crippen molar-refractivity contribution in [3.63, 3.8) is 0 Å². The SMILES string of the molecule is COC(=O)NC(CN1CCC(c2ccc(OC)cc2)CC1)C1CCN(C(=O)/C=C/c2cc(F)c(F)c(F)c2)CC1.COc1ccc(C2CCN(CC(NC(=O)N(C)C)C3CCN(C(=O)/C=C/c4cc(F)c(F)c(F)c4)CC3)CC2)cc1. The highest BCUT2D eigenvalue weighted by Gasteiger charge is 2.34. The Balaban J connectivity index is 0.000000234. The van der Waals surface area contributed by atoms with E-state index in [4.69, 9.17) is 14.2 Å². The molecule has 2 atom stereocenters. The Bertz CT molecular complexity index is 2740. The fraction of sp³-hybridized carbons (Fsp3) is 0.475. The van der Waals surface area contributed by atoms with Gasteiger partial charge in [0.25, 0.3) is 0 Å². The molecule has 438 valence electrons. The summed E-state index contributed by atoms with van der Waals surface area (Å²) in [6, 6.07) is 19.6. The van der Waals surface area contributed by atoms with E-state index < -0.39 is 41.0 Å². The summed E-state index contributed by atoms with van der Waals surface area (Å²) in [5, 5.41) is 6.22. The first kappa shape index (κ1) is 61.6. The van der Waals surface area contributed by atoms with Crippen molar-refractivity contribution in [2.24, 2.45) is 11.8 Å². The van der Waals surface area contributed by atoms with Crippen LogP contribution in [0, 0.1) is 46.7 Å². The van der Waals surface area contributed by atoms with Gasteiger partial charge in [-0.25, -0.2) is 35.9 Å². The van der Waals surface area contributed by atoms with Crippen molar-refractivity contribution >= 4 is 36.1 Å². The zero-order chi connectivity index (χ0) is 58.2. The van der Waals surface area contributed by atoms with Gasteiger partial charge < -0.3 is 49.3 Å². The second-order valence-corrected chi connectivity index (χ2v) is 21.5. The molecule has 2 N–H and O–H groups in total. The van der Waals surface area contributed by atoms with Crippen LogP contribution in [0.4, 0.5) is 35.9 Å². The second kappa shape index (κ2) is 29.6. The van der Waals surface area contributed by atoms with Gasteiger partial charge in [0.15, 0.2) is 34.9 Å². The zero-order valence-electron chi connectivity index (χ0n) is 46.8. The molecular formula is C61H75F6N7O7. The molecule has 2 unspecified atom stereocenters. The Morgan fingerprint density at radius 2 is 0.877 bits per heavy atom. The number of urea groups is 1. The quantitative estimate of drug-likeness (QED) is 0.0639.